The number of ether oxygens (including phenoxy) is 1. The van der Waals surface area contributed by atoms with Gasteiger partial charge in [0.05, 0.1) is 12.7 Å². The minimum Gasteiger partial charge on any atom is -0.377 e. The Bertz CT molecular complexity index is 167. The van der Waals surface area contributed by atoms with Crippen LogP contribution in [0, 0.1) is 0 Å². The largest absolute Gasteiger partial charge is 0.377 e. The van der Waals surface area contributed by atoms with Gasteiger partial charge in [-0.05, 0) is 26.7 Å². The summed E-state index contributed by atoms with van der Waals surface area (Å²) in [5.41, 5.74) is 5.69. The van der Waals surface area contributed by atoms with E-state index in [0.717, 1.165) is 32.3 Å². The molecular weight excluding hydrogens is 200 g/mol. The van der Waals surface area contributed by atoms with Crippen LogP contribution in [-0.4, -0.2) is 43.3 Å². The summed E-state index contributed by atoms with van der Waals surface area (Å²) < 4.78 is 5.63. The quantitative estimate of drug-likeness (QED) is 0.724. The maximum Gasteiger partial charge on any atom is 0.0597 e. The van der Waals surface area contributed by atoms with Gasteiger partial charge in [-0.15, -0.1) is 0 Å². The van der Waals surface area contributed by atoms with Crippen LogP contribution in [0.15, 0.2) is 0 Å². The summed E-state index contributed by atoms with van der Waals surface area (Å²) in [6, 6.07) is 0.757. The van der Waals surface area contributed by atoms with E-state index in [1.807, 2.05) is 0 Å². The summed E-state index contributed by atoms with van der Waals surface area (Å²) >= 11 is 0. The Morgan fingerprint density at radius 3 is 2.44 bits per heavy atom. The second kappa shape index (κ2) is 8.04. The molecule has 0 saturated heterocycles. The molecule has 0 aliphatic heterocycles. The van der Waals surface area contributed by atoms with Crippen LogP contribution in [0.2, 0.25) is 0 Å². The number of rotatable bonds is 7. The van der Waals surface area contributed by atoms with Crippen molar-refractivity contribution < 1.29 is 4.74 Å². The van der Waals surface area contributed by atoms with Gasteiger partial charge in [0.1, 0.15) is 0 Å². The zero-order chi connectivity index (χ0) is 11.8. The number of hydrogen-bond acceptors (Lipinski definition) is 3. The van der Waals surface area contributed by atoms with Gasteiger partial charge < -0.3 is 10.5 Å². The van der Waals surface area contributed by atoms with Crippen molar-refractivity contribution in [2.75, 3.05) is 26.2 Å². The SMILES string of the molecule is CC(C)OCCN(CCN)C1CCCCC1. The number of nitrogens with two attached hydrogens (primary N) is 1. The third-order valence-electron chi connectivity index (χ3n) is 3.34. The van der Waals surface area contributed by atoms with Gasteiger partial charge in [-0.25, -0.2) is 0 Å². The molecule has 0 aromatic rings. The maximum atomic E-state index is 5.69. The van der Waals surface area contributed by atoms with Gasteiger partial charge in [-0.1, -0.05) is 19.3 Å². The van der Waals surface area contributed by atoms with Crippen LogP contribution in [0.1, 0.15) is 46.0 Å². The molecule has 0 bridgehead atoms. The lowest BCUT2D eigenvalue weighted by Gasteiger charge is -2.34. The average Bonchev–Trinajstić information content (AvgIpc) is 2.29. The van der Waals surface area contributed by atoms with Gasteiger partial charge >= 0.3 is 0 Å². The molecule has 0 unspecified atom stereocenters. The Morgan fingerprint density at radius 1 is 1.19 bits per heavy atom. The molecule has 1 aliphatic rings. The molecule has 0 aromatic carbocycles. The summed E-state index contributed by atoms with van der Waals surface area (Å²) in [4.78, 5) is 2.53. The van der Waals surface area contributed by atoms with E-state index in [-0.39, 0.29) is 0 Å². The molecule has 96 valence electrons. The molecule has 16 heavy (non-hydrogen) atoms. The molecule has 0 amide bonds. The Kier molecular flexibility index (Phi) is 7.01. The van der Waals surface area contributed by atoms with Crippen molar-refractivity contribution >= 4 is 0 Å². The monoisotopic (exact) mass is 228 g/mol. The van der Waals surface area contributed by atoms with Crippen molar-refractivity contribution in [2.45, 2.75) is 58.1 Å². The highest BCUT2D eigenvalue weighted by Gasteiger charge is 2.20. The second-order valence-corrected chi connectivity index (χ2v) is 5.04. The van der Waals surface area contributed by atoms with E-state index >= 15 is 0 Å². The zero-order valence-electron chi connectivity index (χ0n) is 11.0. The first kappa shape index (κ1) is 13.9. The van der Waals surface area contributed by atoms with Gasteiger partial charge in [0.25, 0.3) is 0 Å². The van der Waals surface area contributed by atoms with Crippen molar-refractivity contribution in [3.8, 4) is 0 Å². The van der Waals surface area contributed by atoms with Crippen molar-refractivity contribution in [3.05, 3.63) is 0 Å². The highest BCUT2D eigenvalue weighted by Crippen LogP contribution is 2.22. The minimum atomic E-state index is 0.339. The lowest BCUT2D eigenvalue weighted by atomic mass is 9.94. The van der Waals surface area contributed by atoms with Gasteiger partial charge in [-0.2, -0.15) is 0 Å². The van der Waals surface area contributed by atoms with Crippen LogP contribution < -0.4 is 5.73 Å². The van der Waals surface area contributed by atoms with E-state index in [0.29, 0.717) is 6.10 Å². The van der Waals surface area contributed by atoms with E-state index in [1.54, 1.807) is 0 Å². The fourth-order valence-electron chi connectivity index (χ4n) is 2.49. The van der Waals surface area contributed by atoms with Crippen molar-refractivity contribution in [1.82, 2.24) is 4.90 Å². The summed E-state index contributed by atoms with van der Waals surface area (Å²) in [6.45, 7) is 7.85. The minimum absolute atomic E-state index is 0.339. The van der Waals surface area contributed by atoms with E-state index in [2.05, 4.69) is 18.7 Å². The molecule has 0 radical (unpaired) electrons. The third kappa shape index (κ3) is 5.28. The van der Waals surface area contributed by atoms with Crippen LogP contribution in [0.4, 0.5) is 0 Å². The summed E-state index contributed by atoms with van der Waals surface area (Å²) in [5.74, 6) is 0. The smallest absolute Gasteiger partial charge is 0.0597 e. The van der Waals surface area contributed by atoms with Gasteiger partial charge in [0.2, 0.25) is 0 Å². The Labute approximate surface area is 100 Å². The van der Waals surface area contributed by atoms with Crippen LogP contribution in [0.5, 0.6) is 0 Å². The van der Waals surface area contributed by atoms with E-state index < -0.39 is 0 Å². The van der Waals surface area contributed by atoms with Crippen LogP contribution in [0.3, 0.4) is 0 Å². The predicted octanol–water partition coefficient (Wildman–Crippen LogP) is 2.00. The molecule has 3 nitrogen and oxygen atoms in total. The lowest BCUT2D eigenvalue weighted by molar-refractivity contribution is 0.0441. The van der Waals surface area contributed by atoms with E-state index in [4.69, 9.17) is 10.5 Å². The fourth-order valence-corrected chi connectivity index (χ4v) is 2.49. The first-order valence-electron chi connectivity index (χ1n) is 6.79. The van der Waals surface area contributed by atoms with Crippen LogP contribution in [0.25, 0.3) is 0 Å². The Hall–Kier alpha value is -0.120. The van der Waals surface area contributed by atoms with Gasteiger partial charge in [0.15, 0.2) is 0 Å². The molecule has 0 atom stereocenters. The molecule has 2 N–H and O–H groups in total. The Morgan fingerprint density at radius 2 is 1.88 bits per heavy atom. The average molecular weight is 228 g/mol. The molecule has 1 fully saturated rings. The third-order valence-corrected chi connectivity index (χ3v) is 3.34. The van der Waals surface area contributed by atoms with Crippen LogP contribution in [-0.2, 0) is 4.74 Å². The molecule has 3 heteroatoms. The molecule has 1 aliphatic carbocycles. The summed E-state index contributed by atoms with van der Waals surface area (Å²) in [6.07, 6.45) is 7.22. The maximum absolute atomic E-state index is 5.69. The highest BCUT2D eigenvalue weighted by molar-refractivity contribution is 4.76. The van der Waals surface area contributed by atoms with Crippen molar-refractivity contribution in [3.63, 3.8) is 0 Å². The molecule has 1 saturated carbocycles. The Balaban J connectivity index is 2.27. The first-order valence-corrected chi connectivity index (χ1v) is 6.79. The zero-order valence-corrected chi connectivity index (χ0v) is 11.0. The summed E-state index contributed by atoms with van der Waals surface area (Å²) in [5, 5.41) is 0. The molecular formula is C13H28N2O. The van der Waals surface area contributed by atoms with Crippen molar-refractivity contribution in [2.24, 2.45) is 5.73 Å². The first-order chi connectivity index (χ1) is 7.74. The fraction of sp³-hybridized carbons (Fsp3) is 1.00. The lowest BCUT2D eigenvalue weighted by Crippen LogP contribution is -2.42. The number of hydrogen-bond donors (Lipinski definition) is 1. The molecule has 1 rings (SSSR count). The number of nitrogens with zero attached hydrogens (tertiary/aromatic N) is 1. The predicted molar refractivity (Wildman–Crippen MR) is 68.6 cm³/mol. The molecule has 0 heterocycles. The standard InChI is InChI=1S/C13H28N2O/c1-12(2)16-11-10-15(9-8-14)13-6-4-3-5-7-13/h12-13H,3-11,14H2,1-2H3. The molecule has 0 spiro atoms. The van der Waals surface area contributed by atoms with Crippen LogP contribution >= 0.6 is 0 Å². The molecule has 0 aromatic heterocycles. The van der Waals surface area contributed by atoms with E-state index in [1.165, 1.54) is 32.1 Å². The normalized spacial score (nSPS) is 18.6. The topological polar surface area (TPSA) is 38.5 Å². The van der Waals surface area contributed by atoms with Crippen molar-refractivity contribution in [1.29, 1.82) is 0 Å². The van der Waals surface area contributed by atoms with Gasteiger partial charge in [-0.3, -0.25) is 4.90 Å². The summed E-state index contributed by atoms with van der Waals surface area (Å²) in [7, 11) is 0. The van der Waals surface area contributed by atoms with E-state index in [9.17, 15) is 0 Å². The highest BCUT2D eigenvalue weighted by atomic mass is 16.5. The van der Waals surface area contributed by atoms with Gasteiger partial charge in [0, 0.05) is 25.7 Å². The second-order valence-electron chi connectivity index (χ2n) is 5.04.